The minimum absolute atomic E-state index is 0. The van der Waals surface area contributed by atoms with Crippen molar-refractivity contribution in [1.82, 2.24) is 30.7 Å². The number of hydrogen-bond acceptors (Lipinski definition) is 5. The highest BCUT2D eigenvalue weighted by Gasteiger charge is 2.18. The molecule has 0 aromatic carbocycles. The van der Waals surface area contributed by atoms with E-state index in [2.05, 4.69) is 40.0 Å². The van der Waals surface area contributed by atoms with Crippen LogP contribution in [0.4, 0.5) is 4.79 Å². The molecule has 1 aromatic heterocycles. The molecule has 0 bridgehead atoms. The molecule has 10 heteroatoms. The van der Waals surface area contributed by atoms with Crippen LogP contribution < -0.4 is 16.0 Å². The van der Waals surface area contributed by atoms with Gasteiger partial charge in [-0.25, -0.2) is 9.79 Å². The Bertz CT molecular complexity index is 671. The van der Waals surface area contributed by atoms with Crippen molar-refractivity contribution in [3.63, 3.8) is 0 Å². The van der Waals surface area contributed by atoms with Crippen molar-refractivity contribution >= 4 is 36.0 Å². The molecule has 1 rings (SSSR count). The molecule has 9 nitrogen and oxygen atoms in total. The molecule has 0 aliphatic rings. The second kappa shape index (κ2) is 15.3. The molecule has 31 heavy (non-hydrogen) atoms. The van der Waals surface area contributed by atoms with Crippen molar-refractivity contribution in [3.05, 3.63) is 11.6 Å². The molecule has 0 fully saturated rings. The second-order valence-corrected chi connectivity index (χ2v) is 8.53. The summed E-state index contributed by atoms with van der Waals surface area (Å²) in [6, 6.07) is 0.0478. The van der Waals surface area contributed by atoms with Gasteiger partial charge in [-0.2, -0.15) is 0 Å². The zero-order valence-corrected chi connectivity index (χ0v) is 22.6. The standard InChI is InChI=1S/C21H41N7O2.HI/c1-8-10-12-17(14-24-20(29)30-21(4,5)6)25-19(22-13-11-9-2)23-15-18-27-26-16(3)28(18)7;/h17H,8-15H2,1-7H3,(H,24,29)(H2,22,23,25);1H. The van der Waals surface area contributed by atoms with Crippen LogP contribution in [0.5, 0.6) is 0 Å². The van der Waals surface area contributed by atoms with E-state index in [4.69, 9.17) is 9.73 Å². The molecule has 3 N–H and O–H groups in total. The Morgan fingerprint density at radius 1 is 1.16 bits per heavy atom. The average Bonchev–Trinajstić information content (AvgIpc) is 2.98. The lowest BCUT2D eigenvalue weighted by atomic mass is 10.1. The topological polar surface area (TPSA) is 105 Å². The summed E-state index contributed by atoms with van der Waals surface area (Å²) in [6.07, 6.45) is 4.81. The SMILES string of the molecule is CCCCNC(=NCc1nnc(C)n1C)NC(CCCC)CNC(=O)OC(C)(C)C.I. The van der Waals surface area contributed by atoms with E-state index in [1.165, 1.54) is 0 Å². The number of halogens is 1. The van der Waals surface area contributed by atoms with Gasteiger partial charge in [0, 0.05) is 26.2 Å². The van der Waals surface area contributed by atoms with Crippen molar-refractivity contribution in [3.8, 4) is 0 Å². The molecule has 0 spiro atoms. The van der Waals surface area contributed by atoms with Crippen molar-refractivity contribution in [2.75, 3.05) is 13.1 Å². The van der Waals surface area contributed by atoms with Crippen LogP contribution in [0.1, 0.15) is 78.4 Å². The summed E-state index contributed by atoms with van der Waals surface area (Å²) in [7, 11) is 1.94. The molecule has 1 amide bonds. The Morgan fingerprint density at radius 2 is 1.84 bits per heavy atom. The monoisotopic (exact) mass is 551 g/mol. The largest absolute Gasteiger partial charge is 0.444 e. The molecular weight excluding hydrogens is 509 g/mol. The van der Waals surface area contributed by atoms with E-state index in [1.54, 1.807) is 0 Å². The van der Waals surface area contributed by atoms with E-state index >= 15 is 0 Å². The van der Waals surface area contributed by atoms with Gasteiger partial charge in [-0.1, -0.05) is 33.1 Å². The lowest BCUT2D eigenvalue weighted by Gasteiger charge is -2.24. The Kier molecular flexibility index (Phi) is 14.5. The lowest BCUT2D eigenvalue weighted by molar-refractivity contribution is 0.0522. The van der Waals surface area contributed by atoms with Gasteiger partial charge < -0.3 is 25.3 Å². The summed E-state index contributed by atoms with van der Waals surface area (Å²) in [5.41, 5.74) is -0.515. The number of ether oxygens (including phenoxy) is 1. The van der Waals surface area contributed by atoms with Gasteiger partial charge in [0.25, 0.3) is 0 Å². The number of nitrogens with zero attached hydrogens (tertiary/aromatic N) is 4. The number of amides is 1. The Labute approximate surface area is 204 Å². The lowest BCUT2D eigenvalue weighted by Crippen LogP contribution is -2.49. The Hall–Kier alpha value is -1.59. The quantitative estimate of drug-likeness (QED) is 0.168. The number of hydrogen-bond donors (Lipinski definition) is 3. The van der Waals surface area contributed by atoms with Gasteiger partial charge in [0.2, 0.25) is 0 Å². The molecule has 0 radical (unpaired) electrons. The highest BCUT2D eigenvalue weighted by molar-refractivity contribution is 14.0. The third kappa shape index (κ3) is 12.8. The first-order chi connectivity index (χ1) is 14.2. The first-order valence-corrected chi connectivity index (χ1v) is 11.0. The van der Waals surface area contributed by atoms with E-state index in [1.807, 2.05) is 39.3 Å². The van der Waals surface area contributed by atoms with Crippen LogP contribution in [0.15, 0.2) is 4.99 Å². The first-order valence-electron chi connectivity index (χ1n) is 11.0. The second-order valence-electron chi connectivity index (χ2n) is 8.53. The van der Waals surface area contributed by atoms with Gasteiger partial charge >= 0.3 is 6.09 Å². The van der Waals surface area contributed by atoms with Crippen LogP contribution in [-0.2, 0) is 18.3 Å². The molecule has 180 valence electrons. The number of rotatable bonds is 11. The van der Waals surface area contributed by atoms with Gasteiger partial charge in [-0.05, 0) is 40.5 Å². The fourth-order valence-corrected chi connectivity index (χ4v) is 2.66. The summed E-state index contributed by atoms with van der Waals surface area (Å²) < 4.78 is 7.29. The molecule has 0 saturated carbocycles. The smallest absolute Gasteiger partial charge is 0.407 e. The molecule has 1 unspecified atom stereocenters. The predicted molar refractivity (Wildman–Crippen MR) is 136 cm³/mol. The minimum Gasteiger partial charge on any atom is -0.444 e. The maximum absolute atomic E-state index is 12.1. The number of guanidine groups is 1. The van der Waals surface area contributed by atoms with E-state index in [0.717, 1.165) is 56.3 Å². The normalized spacial score (nSPS) is 12.7. The molecule has 1 heterocycles. The van der Waals surface area contributed by atoms with Crippen LogP contribution >= 0.6 is 24.0 Å². The summed E-state index contributed by atoms with van der Waals surface area (Å²) in [5.74, 6) is 2.38. The third-order valence-corrected chi connectivity index (χ3v) is 4.52. The number of aliphatic imine (C=N–C) groups is 1. The average molecular weight is 552 g/mol. The molecule has 1 aromatic rings. The molecule has 0 aliphatic carbocycles. The zero-order chi connectivity index (χ0) is 22.6. The maximum atomic E-state index is 12.1. The molecule has 1 atom stereocenters. The Balaban J connectivity index is 0.00000900. The number of alkyl carbamates (subject to hydrolysis) is 1. The van der Waals surface area contributed by atoms with E-state index in [-0.39, 0.29) is 30.0 Å². The predicted octanol–water partition coefficient (Wildman–Crippen LogP) is 3.66. The minimum atomic E-state index is -0.515. The van der Waals surface area contributed by atoms with E-state index < -0.39 is 11.7 Å². The first kappa shape index (κ1) is 29.4. The Morgan fingerprint density at radius 3 is 2.39 bits per heavy atom. The number of nitrogens with one attached hydrogen (secondary N) is 3. The summed E-state index contributed by atoms with van der Waals surface area (Å²) in [6.45, 7) is 13.5. The molecule has 0 aliphatic heterocycles. The number of carbonyl (C=O) groups excluding carboxylic acids is 1. The number of aromatic nitrogens is 3. The maximum Gasteiger partial charge on any atom is 0.407 e. The van der Waals surface area contributed by atoms with Crippen LogP contribution in [0.25, 0.3) is 0 Å². The molecule has 0 saturated heterocycles. The van der Waals surface area contributed by atoms with Gasteiger partial charge in [0.1, 0.15) is 18.0 Å². The van der Waals surface area contributed by atoms with Gasteiger partial charge in [0.15, 0.2) is 11.8 Å². The zero-order valence-electron chi connectivity index (χ0n) is 20.2. The summed E-state index contributed by atoms with van der Waals surface area (Å²) in [4.78, 5) is 16.8. The fraction of sp³-hybridized carbons (Fsp3) is 0.810. The number of aryl methyl sites for hydroxylation is 1. The van der Waals surface area contributed by atoms with Crippen LogP contribution in [0, 0.1) is 6.92 Å². The summed E-state index contributed by atoms with van der Waals surface area (Å²) >= 11 is 0. The van der Waals surface area contributed by atoms with Crippen molar-refractivity contribution < 1.29 is 9.53 Å². The van der Waals surface area contributed by atoms with E-state index in [0.29, 0.717) is 13.1 Å². The highest BCUT2D eigenvalue weighted by atomic mass is 127. The number of unbranched alkanes of at least 4 members (excludes halogenated alkanes) is 2. The van der Waals surface area contributed by atoms with Gasteiger partial charge in [-0.15, -0.1) is 34.2 Å². The molecular formula is C21H42IN7O2. The van der Waals surface area contributed by atoms with Crippen molar-refractivity contribution in [2.45, 2.75) is 91.8 Å². The van der Waals surface area contributed by atoms with Crippen LogP contribution in [-0.4, -0.2) is 51.5 Å². The van der Waals surface area contributed by atoms with Crippen LogP contribution in [0.3, 0.4) is 0 Å². The van der Waals surface area contributed by atoms with Gasteiger partial charge in [0.05, 0.1) is 0 Å². The van der Waals surface area contributed by atoms with Crippen molar-refractivity contribution in [1.29, 1.82) is 0 Å². The van der Waals surface area contributed by atoms with Crippen molar-refractivity contribution in [2.24, 2.45) is 12.0 Å². The third-order valence-electron chi connectivity index (χ3n) is 4.52. The highest BCUT2D eigenvalue weighted by Crippen LogP contribution is 2.07. The fourth-order valence-electron chi connectivity index (χ4n) is 2.66. The van der Waals surface area contributed by atoms with Crippen LogP contribution in [0.2, 0.25) is 0 Å². The van der Waals surface area contributed by atoms with E-state index in [9.17, 15) is 4.79 Å². The summed E-state index contributed by atoms with van der Waals surface area (Å²) in [5, 5.41) is 18.0. The number of carbonyl (C=O) groups is 1. The van der Waals surface area contributed by atoms with Gasteiger partial charge in [-0.3, -0.25) is 0 Å².